The van der Waals surface area contributed by atoms with E-state index in [0.717, 1.165) is 17.7 Å². The number of ether oxygens (including phenoxy) is 1. The number of H-pyrrole nitrogens is 1. The van der Waals surface area contributed by atoms with Crippen LogP contribution in [-0.4, -0.2) is 22.2 Å². The Morgan fingerprint density at radius 1 is 1.10 bits per heavy atom. The van der Waals surface area contributed by atoms with Crippen molar-refractivity contribution in [1.82, 2.24) is 9.97 Å². The number of benzene rings is 2. The number of amides is 1. The first-order valence-corrected chi connectivity index (χ1v) is 9.78. The maximum atomic E-state index is 13.0. The first kappa shape index (κ1) is 22.3. The van der Waals surface area contributed by atoms with Crippen LogP contribution in [0.15, 0.2) is 64.5 Å². The first-order valence-electron chi connectivity index (χ1n) is 8.79. The predicted molar refractivity (Wildman–Crippen MR) is 106 cm³/mol. The third kappa shape index (κ3) is 7.45. The molecule has 6 nitrogen and oxygen atoms in total. The predicted octanol–water partition coefficient (Wildman–Crippen LogP) is 4.28. The molecule has 0 fully saturated rings. The van der Waals surface area contributed by atoms with Crippen LogP contribution in [0.4, 0.5) is 23.2 Å². The Balaban J connectivity index is 1.59. The summed E-state index contributed by atoms with van der Waals surface area (Å²) in [5, 5.41) is 2.81. The SMILES string of the molecule is O=C(Cc1cc(=O)[nH]c(SCc2ccc(F)cc2)n1)Nc1ccc(OC(F)(F)F)cc1. The zero-order valence-corrected chi connectivity index (χ0v) is 16.5. The Morgan fingerprint density at radius 3 is 2.42 bits per heavy atom. The van der Waals surface area contributed by atoms with Gasteiger partial charge in [-0.1, -0.05) is 23.9 Å². The maximum absolute atomic E-state index is 13.0. The van der Waals surface area contributed by atoms with E-state index in [-0.39, 0.29) is 23.6 Å². The number of anilines is 1. The van der Waals surface area contributed by atoms with Crippen LogP contribution < -0.4 is 15.6 Å². The lowest BCUT2D eigenvalue weighted by Gasteiger charge is -2.10. The third-order valence-corrected chi connectivity index (χ3v) is 4.72. The van der Waals surface area contributed by atoms with Crippen LogP contribution in [0.1, 0.15) is 11.3 Å². The van der Waals surface area contributed by atoms with Gasteiger partial charge in [-0.15, -0.1) is 13.2 Å². The van der Waals surface area contributed by atoms with E-state index in [0.29, 0.717) is 10.9 Å². The van der Waals surface area contributed by atoms with Gasteiger partial charge in [-0.2, -0.15) is 0 Å². The van der Waals surface area contributed by atoms with Crippen LogP contribution in [0.2, 0.25) is 0 Å². The van der Waals surface area contributed by atoms with Gasteiger partial charge >= 0.3 is 6.36 Å². The van der Waals surface area contributed by atoms with Crippen LogP contribution in [0.3, 0.4) is 0 Å². The molecule has 31 heavy (non-hydrogen) atoms. The molecule has 2 N–H and O–H groups in total. The van der Waals surface area contributed by atoms with Crippen molar-refractivity contribution in [3.05, 3.63) is 82.0 Å². The van der Waals surface area contributed by atoms with Gasteiger partial charge < -0.3 is 15.0 Å². The molecular formula is C20H15F4N3O3S. The van der Waals surface area contributed by atoms with Crippen molar-refractivity contribution in [2.75, 3.05) is 5.32 Å². The van der Waals surface area contributed by atoms with Gasteiger partial charge in [-0.25, -0.2) is 9.37 Å². The minimum Gasteiger partial charge on any atom is -0.406 e. The third-order valence-electron chi connectivity index (χ3n) is 3.78. The van der Waals surface area contributed by atoms with Crippen molar-refractivity contribution >= 4 is 23.4 Å². The Bertz CT molecular complexity index is 1100. The summed E-state index contributed by atoms with van der Waals surface area (Å²) in [6, 6.07) is 11.7. The van der Waals surface area contributed by atoms with Gasteiger partial charge in [0.25, 0.3) is 5.56 Å². The van der Waals surface area contributed by atoms with Gasteiger partial charge in [0, 0.05) is 17.5 Å². The molecule has 0 aliphatic carbocycles. The van der Waals surface area contributed by atoms with Gasteiger partial charge in [-0.3, -0.25) is 9.59 Å². The zero-order valence-electron chi connectivity index (χ0n) is 15.7. The van der Waals surface area contributed by atoms with Crippen molar-refractivity contribution in [1.29, 1.82) is 0 Å². The van der Waals surface area contributed by atoms with Crippen molar-refractivity contribution in [3.8, 4) is 5.75 Å². The van der Waals surface area contributed by atoms with Crippen LogP contribution in [0.25, 0.3) is 0 Å². The number of carbonyl (C=O) groups excluding carboxylic acids is 1. The number of rotatable bonds is 7. The van der Waals surface area contributed by atoms with Gasteiger partial charge in [0.05, 0.1) is 12.1 Å². The van der Waals surface area contributed by atoms with Crippen molar-refractivity contribution < 1.29 is 27.1 Å². The second kappa shape index (κ2) is 9.65. The van der Waals surface area contributed by atoms with E-state index in [1.165, 1.54) is 42.1 Å². The summed E-state index contributed by atoms with van der Waals surface area (Å²) >= 11 is 1.22. The highest BCUT2D eigenvalue weighted by molar-refractivity contribution is 7.98. The second-order valence-electron chi connectivity index (χ2n) is 6.25. The maximum Gasteiger partial charge on any atom is 0.573 e. The highest BCUT2D eigenvalue weighted by Gasteiger charge is 2.30. The molecular weight excluding hydrogens is 438 g/mol. The van der Waals surface area contributed by atoms with Crippen molar-refractivity contribution in [3.63, 3.8) is 0 Å². The topological polar surface area (TPSA) is 84.1 Å². The number of hydrogen-bond donors (Lipinski definition) is 2. The van der Waals surface area contributed by atoms with Crippen LogP contribution in [0.5, 0.6) is 5.75 Å². The summed E-state index contributed by atoms with van der Waals surface area (Å²) in [5.74, 6) is -0.831. The van der Waals surface area contributed by atoms with E-state index >= 15 is 0 Å². The zero-order chi connectivity index (χ0) is 22.4. The molecule has 162 valence electrons. The highest BCUT2D eigenvalue weighted by Crippen LogP contribution is 2.24. The number of nitrogens with one attached hydrogen (secondary N) is 2. The largest absolute Gasteiger partial charge is 0.573 e. The molecule has 0 saturated carbocycles. The van der Waals surface area contributed by atoms with E-state index in [1.807, 2.05) is 0 Å². The average molecular weight is 453 g/mol. The summed E-state index contributed by atoms with van der Waals surface area (Å²) in [6.07, 6.45) is -5.02. The summed E-state index contributed by atoms with van der Waals surface area (Å²) in [5.41, 5.74) is 0.873. The molecule has 0 aliphatic rings. The molecule has 0 aliphatic heterocycles. The molecule has 1 aromatic heterocycles. The standard InChI is InChI=1S/C20H15F4N3O3S/c21-13-3-1-12(2-4-13)11-31-19-26-15(10-18(29)27-19)9-17(28)25-14-5-7-16(8-6-14)30-20(22,23)24/h1-8,10H,9,11H2,(H,25,28)(H,26,27,29). The number of aromatic amines is 1. The average Bonchev–Trinajstić information content (AvgIpc) is 2.67. The Labute approximate surface area is 177 Å². The summed E-state index contributed by atoms with van der Waals surface area (Å²) < 4.78 is 53.3. The number of nitrogens with zero attached hydrogens (tertiary/aromatic N) is 1. The highest BCUT2D eigenvalue weighted by atomic mass is 32.2. The Hall–Kier alpha value is -3.34. The van der Waals surface area contributed by atoms with E-state index in [2.05, 4.69) is 20.0 Å². The number of carbonyl (C=O) groups is 1. The Morgan fingerprint density at radius 2 is 1.77 bits per heavy atom. The molecule has 1 amide bonds. The summed E-state index contributed by atoms with van der Waals surface area (Å²) in [7, 11) is 0. The number of thioether (sulfide) groups is 1. The minimum atomic E-state index is -4.80. The minimum absolute atomic E-state index is 0.213. The fraction of sp³-hybridized carbons (Fsp3) is 0.150. The normalized spacial score (nSPS) is 11.2. The van der Waals surface area contributed by atoms with E-state index in [1.54, 1.807) is 12.1 Å². The lowest BCUT2D eigenvalue weighted by atomic mass is 10.2. The fourth-order valence-corrected chi connectivity index (χ4v) is 3.33. The lowest BCUT2D eigenvalue weighted by Crippen LogP contribution is -2.18. The quantitative estimate of drug-likeness (QED) is 0.317. The Kier molecular flexibility index (Phi) is 6.95. The lowest BCUT2D eigenvalue weighted by molar-refractivity contribution is -0.274. The fourth-order valence-electron chi connectivity index (χ4n) is 2.48. The molecule has 0 atom stereocenters. The first-order chi connectivity index (χ1) is 14.7. The van der Waals surface area contributed by atoms with Gasteiger partial charge in [0.2, 0.25) is 5.91 Å². The van der Waals surface area contributed by atoms with E-state index in [4.69, 9.17) is 0 Å². The monoisotopic (exact) mass is 453 g/mol. The number of aromatic nitrogens is 2. The number of alkyl halides is 3. The van der Waals surface area contributed by atoms with Crippen molar-refractivity contribution in [2.45, 2.75) is 23.7 Å². The number of hydrogen-bond acceptors (Lipinski definition) is 5. The van der Waals surface area contributed by atoms with Crippen LogP contribution in [0, 0.1) is 5.82 Å². The van der Waals surface area contributed by atoms with Crippen molar-refractivity contribution in [2.24, 2.45) is 0 Å². The summed E-state index contributed by atoms with van der Waals surface area (Å²) in [4.78, 5) is 30.9. The molecule has 11 heteroatoms. The smallest absolute Gasteiger partial charge is 0.406 e. The molecule has 3 aromatic rings. The molecule has 0 unspecified atom stereocenters. The molecule has 0 radical (unpaired) electrons. The van der Waals surface area contributed by atoms with Crippen LogP contribution >= 0.6 is 11.8 Å². The van der Waals surface area contributed by atoms with Gasteiger partial charge in [0.15, 0.2) is 5.16 Å². The van der Waals surface area contributed by atoms with E-state index in [9.17, 15) is 27.2 Å². The molecule has 2 aromatic carbocycles. The molecule has 3 rings (SSSR count). The molecule has 0 bridgehead atoms. The molecule has 0 spiro atoms. The van der Waals surface area contributed by atoms with Crippen LogP contribution in [-0.2, 0) is 17.0 Å². The number of halogens is 4. The van der Waals surface area contributed by atoms with E-state index < -0.39 is 23.6 Å². The molecule has 0 saturated heterocycles. The van der Waals surface area contributed by atoms with Gasteiger partial charge in [0.1, 0.15) is 11.6 Å². The van der Waals surface area contributed by atoms with Gasteiger partial charge in [-0.05, 0) is 42.0 Å². The second-order valence-corrected chi connectivity index (χ2v) is 7.22. The molecule has 1 heterocycles. The summed E-state index contributed by atoms with van der Waals surface area (Å²) in [6.45, 7) is 0.